The number of anilines is 2. The average Bonchev–Trinajstić information content (AvgIpc) is 2.65. The van der Waals surface area contributed by atoms with Gasteiger partial charge in [-0.1, -0.05) is 0 Å². The van der Waals surface area contributed by atoms with Gasteiger partial charge in [0.05, 0.1) is 11.8 Å². The summed E-state index contributed by atoms with van der Waals surface area (Å²) in [5.74, 6) is 0.439. The van der Waals surface area contributed by atoms with Crippen LogP contribution in [0.5, 0.6) is 0 Å². The molecule has 2 heterocycles. The van der Waals surface area contributed by atoms with E-state index >= 15 is 0 Å². The molecule has 0 aliphatic heterocycles. The summed E-state index contributed by atoms with van der Waals surface area (Å²) in [5, 5.41) is 20.0. The van der Waals surface area contributed by atoms with Crippen molar-refractivity contribution in [2.75, 3.05) is 5.32 Å². The van der Waals surface area contributed by atoms with Crippen molar-refractivity contribution in [2.24, 2.45) is 0 Å². The molecule has 0 amide bonds. The highest BCUT2D eigenvalue weighted by atomic mass is 32.1. The van der Waals surface area contributed by atoms with E-state index in [9.17, 15) is 0 Å². The smallest absolute Gasteiger partial charge is 0.188 e. The summed E-state index contributed by atoms with van der Waals surface area (Å²) in [7, 11) is 0. The molecule has 74 valence electrons. The molecular weight excluding hydrogens is 210 g/mol. The van der Waals surface area contributed by atoms with Gasteiger partial charge in [-0.2, -0.15) is 10.4 Å². The van der Waals surface area contributed by atoms with Gasteiger partial charge >= 0.3 is 0 Å². The van der Waals surface area contributed by atoms with E-state index in [1.54, 1.807) is 12.3 Å². The molecule has 2 aromatic heterocycles. The maximum absolute atomic E-state index is 8.83. The molecule has 0 fully saturated rings. The van der Waals surface area contributed by atoms with Crippen LogP contribution >= 0.6 is 11.3 Å². The highest BCUT2D eigenvalue weighted by molar-refractivity contribution is 7.15. The molecule has 5 nitrogen and oxygen atoms in total. The Balaban J connectivity index is 2.28. The Labute approximate surface area is 90.4 Å². The molecule has 2 aromatic rings. The van der Waals surface area contributed by atoms with Crippen molar-refractivity contribution in [3.8, 4) is 6.07 Å². The molecule has 0 saturated heterocycles. The van der Waals surface area contributed by atoms with Gasteiger partial charge < -0.3 is 5.32 Å². The van der Waals surface area contributed by atoms with Gasteiger partial charge in [0, 0.05) is 11.1 Å². The number of nitrogens with zero attached hydrogens (tertiary/aromatic N) is 4. The number of hydrogen-bond donors (Lipinski definition) is 1. The van der Waals surface area contributed by atoms with Crippen LogP contribution in [0.4, 0.5) is 10.9 Å². The topological polar surface area (TPSA) is 74.5 Å². The van der Waals surface area contributed by atoms with E-state index < -0.39 is 0 Å². The molecule has 0 unspecified atom stereocenters. The largest absolute Gasteiger partial charge is 0.314 e. The van der Waals surface area contributed by atoms with Gasteiger partial charge in [0.25, 0.3) is 0 Å². The second-order valence-corrected chi connectivity index (χ2v) is 4.04. The van der Waals surface area contributed by atoms with Crippen LogP contribution < -0.4 is 5.32 Å². The third-order valence-electron chi connectivity index (χ3n) is 1.69. The lowest BCUT2D eigenvalue weighted by Crippen LogP contribution is -1.97. The van der Waals surface area contributed by atoms with Gasteiger partial charge in [0.2, 0.25) is 0 Å². The summed E-state index contributed by atoms with van der Waals surface area (Å²) in [6, 6.07) is 3.64. The molecule has 0 spiro atoms. The number of hydrogen-bond acceptors (Lipinski definition) is 6. The first kappa shape index (κ1) is 9.55. The first-order valence-corrected chi connectivity index (χ1v) is 5.02. The van der Waals surface area contributed by atoms with E-state index in [1.807, 2.05) is 13.0 Å². The number of thiazole rings is 1. The Bertz CT molecular complexity index is 513. The van der Waals surface area contributed by atoms with Gasteiger partial charge in [-0.25, -0.2) is 4.98 Å². The zero-order valence-electron chi connectivity index (χ0n) is 7.93. The van der Waals surface area contributed by atoms with Crippen molar-refractivity contribution in [1.29, 1.82) is 5.26 Å². The number of aromatic nitrogens is 3. The van der Waals surface area contributed by atoms with Gasteiger partial charge in [-0.15, -0.1) is 16.4 Å². The van der Waals surface area contributed by atoms with E-state index in [2.05, 4.69) is 20.5 Å². The Morgan fingerprint density at radius 3 is 3.07 bits per heavy atom. The van der Waals surface area contributed by atoms with Crippen LogP contribution in [0.1, 0.15) is 10.4 Å². The first-order valence-electron chi connectivity index (χ1n) is 4.21. The van der Waals surface area contributed by atoms with Crippen molar-refractivity contribution in [3.63, 3.8) is 0 Å². The molecule has 0 aliphatic carbocycles. The first-order chi connectivity index (χ1) is 7.29. The fraction of sp³-hybridized carbons (Fsp3) is 0.111. The minimum Gasteiger partial charge on any atom is -0.314 e. The SMILES string of the molecule is Cc1cnc(Nc2nnccc2C#N)s1. The average molecular weight is 217 g/mol. The quantitative estimate of drug-likeness (QED) is 0.831. The van der Waals surface area contributed by atoms with Crippen molar-refractivity contribution in [2.45, 2.75) is 6.92 Å². The van der Waals surface area contributed by atoms with Crippen molar-refractivity contribution in [3.05, 3.63) is 28.9 Å². The van der Waals surface area contributed by atoms with Crippen LogP contribution in [0.15, 0.2) is 18.5 Å². The molecule has 0 saturated carbocycles. The van der Waals surface area contributed by atoms with Crippen LogP contribution in [-0.4, -0.2) is 15.2 Å². The Morgan fingerprint density at radius 1 is 1.53 bits per heavy atom. The Hall–Kier alpha value is -2.00. The molecule has 0 radical (unpaired) electrons. The standard InChI is InChI=1S/C9H7N5S/c1-6-5-11-9(15-6)13-8-7(4-10)2-3-12-14-8/h2-3,5H,1H3,(H,11,13,14). The molecule has 0 atom stereocenters. The zero-order valence-corrected chi connectivity index (χ0v) is 8.75. The lowest BCUT2D eigenvalue weighted by molar-refractivity contribution is 1.03. The van der Waals surface area contributed by atoms with E-state index in [0.717, 1.165) is 4.88 Å². The molecule has 0 aliphatic rings. The molecule has 2 rings (SSSR count). The van der Waals surface area contributed by atoms with Gasteiger partial charge in [-0.05, 0) is 13.0 Å². The van der Waals surface area contributed by atoms with Crippen LogP contribution in [0.2, 0.25) is 0 Å². The second-order valence-electron chi connectivity index (χ2n) is 2.81. The van der Waals surface area contributed by atoms with E-state index in [0.29, 0.717) is 16.5 Å². The fourth-order valence-electron chi connectivity index (χ4n) is 1.03. The van der Waals surface area contributed by atoms with Crippen LogP contribution in [0, 0.1) is 18.3 Å². The second kappa shape index (κ2) is 4.02. The predicted octanol–water partition coefficient (Wildman–Crippen LogP) is 1.86. The number of nitrogens with one attached hydrogen (secondary N) is 1. The zero-order chi connectivity index (χ0) is 10.7. The summed E-state index contributed by atoms with van der Waals surface area (Å²) < 4.78 is 0. The summed E-state index contributed by atoms with van der Waals surface area (Å²) in [5.41, 5.74) is 0.456. The highest BCUT2D eigenvalue weighted by Gasteiger charge is 2.05. The third-order valence-corrected chi connectivity index (χ3v) is 2.52. The molecule has 6 heteroatoms. The molecule has 15 heavy (non-hydrogen) atoms. The summed E-state index contributed by atoms with van der Waals surface area (Å²) in [6.07, 6.45) is 3.24. The highest BCUT2D eigenvalue weighted by Crippen LogP contribution is 2.21. The minimum absolute atomic E-state index is 0.439. The van der Waals surface area contributed by atoms with Crippen molar-refractivity contribution in [1.82, 2.24) is 15.2 Å². The molecular formula is C9H7N5S. The fourth-order valence-corrected chi connectivity index (χ4v) is 1.69. The van der Waals surface area contributed by atoms with Crippen molar-refractivity contribution < 1.29 is 0 Å². The normalized spacial score (nSPS) is 9.60. The van der Waals surface area contributed by atoms with Gasteiger partial charge in [0.15, 0.2) is 10.9 Å². The Kier molecular flexibility index (Phi) is 2.56. The lowest BCUT2D eigenvalue weighted by atomic mass is 10.3. The third kappa shape index (κ3) is 2.08. The lowest BCUT2D eigenvalue weighted by Gasteiger charge is -2.00. The summed E-state index contributed by atoms with van der Waals surface area (Å²) >= 11 is 1.50. The minimum atomic E-state index is 0.439. The van der Waals surface area contributed by atoms with Gasteiger partial charge in [0.1, 0.15) is 6.07 Å². The van der Waals surface area contributed by atoms with Crippen LogP contribution in [0.3, 0.4) is 0 Å². The molecule has 0 aromatic carbocycles. The number of aryl methyl sites for hydroxylation is 1. The van der Waals surface area contributed by atoms with E-state index in [4.69, 9.17) is 5.26 Å². The van der Waals surface area contributed by atoms with Crippen molar-refractivity contribution >= 4 is 22.3 Å². The van der Waals surface area contributed by atoms with E-state index in [-0.39, 0.29) is 0 Å². The Morgan fingerprint density at radius 2 is 2.40 bits per heavy atom. The predicted molar refractivity (Wildman–Crippen MR) is 56.9 cm³/mol. The number of rotatable bonds is 2. The maximum Gasteiger partial charge on any atom is 0.188 e. The van der Waals surface area contributed by atoms with Crippen LogP contribution in [-0.2, 0) is 0 Å². The summed E-state index contributed by atoms with van der Waals surface area (Å²) in [6.45, 7) is 1.96. The maximum atomic E-state index is 8.83. The van der Waals surface area contributed by atoms with Crippen LogP contribution in [0.25, 0.3) is 0 Å². The molecule has 1 N–H and O–H groups in total. The summed E-state index contributed by atoms with van der Waals surface area (Å²) in [4.78, 5) is 5.21. The van der Waals surface area contributed by atoms with Gasteiger partial charge in [-0.3, -0.25) is 0 Å². The molecule has 0 bridgehead atoms. The monoisotopic (exact) mass is 217 g/mol. The van der Waals surface area contributed by atoms with E-state index in [1.165, 1.54) is 17.5 Å². The number of nitriles is 1.